The quantitative estimate of drug-likeness (QED) is 0.522. The summed E-state index contributed by atoms with van der Waals surface area (Å²) in [5.41, 5.74) is 1.15. The van der Waals surface area contributed by atoms with Crippen molar-refractivity contribution in [3.05, 3.63) is 35.8 Å². The fraction of sp³-hybridized carbons (Fsp3) is 0.577. The van der Waals surface area contributed by atoms with E-state index in [-0.39, 0.29) is 29.5 Å². The first-order chi connectivity index (χ1) is 16.3. The van der Waals surface area contributed by atoms with Gasteiger partial charge in [0.2, 0.25) is 5.95 Å². The molecule has 7 nitrogen and oxygen atoms in total. The highest BCUT2D eigenvalue weighted by atomic mass is 19.1. The Balaban J connectivity index is 1.47. The van der Waals surface area contributed by atoms with Gasteiger partial charge in [-0.1, -0.05) is 13.3 Å². The van der Waals surface area contributed by atoms with Gasteiger partial charge in [0.05, 0.1) is 17.9 Å². The minimum Gasteiger partial charge on any atom is -0.489 e. The van der Waals surface area contributed by atoms with Crippen molar-refractivity contribution in [3.8, 4) is 11.8 Å². The molecule has 8 heteroatoms. The van der Waals surface area contributed by atoms with Gasteiger partial charge in [-0.3, -0.25) is 4.90 Å². The summed E-state index contributed by atoms with van der Waals surface area (Å²) in [4.78, 5) is 11.1. The van der Waals surface area contributed by atoms with Crippen LogP contribution in [0.15, 0.2) is 24.4 Å². The molecule has 1 aromatic carbocycles. The normalized spacial score (nSPS) is 22.5. The van der Waals surface area contributed by atoms with Crippen molar-refractivity contribution in [3.63, 3.8) is 0 Å². The van der Waals surface area contributed by atoms with Crippen LogP contribution in [0.5, 0.6) is 5.75 Å². The molecule has 0 aliphatic carbocycles. The highest BCUT2D eigenvalue weighted by Crippen LogP contribution is 2.38. The Bertz CT molecular complexity index is 1050. The molecule has 34 heavy (non-hydrogen) atoms. The zero-order valence-corrected chi connectivity index (χ0v) is 20.6. The largest absolute Gasteiger partial charge is 0.489 e. The molecule has 3 heterocycles. The van der Waals surface area contributed by atoms with Gasteiger partial charge in [0.25, 0.3) is 0 Å². The van der Waals surface area contributed by atoms with Crippen molar-refractivity contribution in [2.45, 2.75) is 89.9 Å². The lowest BCUT2D eigenvalue weighted by atomic mass is 9.84. The highest BCUT2D eigenvalue weighted by molar-refractivity contribution is 5.61. The van der Waals surface area contributed by atoms with Crippen LogP contribution in [-0.4, -0.2) is 45.1 Å². The number of fused-ring (bicyclic) bond motifs is 1. The number of piperidine rings is 1. The summed E-state index contributed by atoms with van der Waals surface area (Å²) in [5, 5.41) is 16.0. The first kappa shape index (κ1) is 24.2. The van der Waals surface area contributed by atoms with E-state index in [1.54, 1.807) is 12.1 Å². The Kier molecular flexibility index (Phi) is 7.22. The van der Waals surface area contributed by atoms with E-state index < -0.39 is 5.82 Å². The van der Waals surface area contributed by atoms with Crippen molar-refractivity contribution >= 4 is 17.5 Å². The molecule has 2 N–H and O–H groups in total. The number of halogens is 1. The van der Waals surface area contributed by atoms with Crippen LogP contribution < -0.4 is 15.4 Å². The van der Waals surface area contributed by atoms with Gasteiger partial charge in [-0.05, 0) is 77.6 Å². The van der Waals surface area contributed by atoms with Crippen LogP contribution in [0.1, 0.15) is 71.8 Å². The van der Waals surface area contributed by atoms with Crippen LogP contribution in [0.3, 0.4) is 0 Å². The molecule has 182 valence electrons. The molecule has 2 fully saturated rings. The van der Waals surface area contributed by atoms with E-state index in [9.17, 15) is 9.65 Å². The van der Waals surface area contributed by atoms with Crippen LogP contribution in [0.25, 0.3) is 0 Å². The molecule has 0 saturated carbocycles. The minimum absolute atomic E-state index is 0.0334. The maximum Gasteiger partial charge on any atom is 0.229 e. The topological polar surface area (TPSA) is 86.1 Å². The monoisotopic (exact) mass is 466 g/mol. The Hall–Kier alpha value is -2.92. The Morgan fingerprint density at radius 3 is 2.97 bits per heavy atom. The number of rotatable bonds is 8. The van der Waals surface area contributed by atoms with Gasteiger partial charge >= 0.3 is 0 Å². The molecular weight excluding hydrogens is 431 g/mol. The van der Waals surface area contributed by atoms with Crippen LogP contribution in [0.2, 0.25) is 0 Å². The number of benzene rings is 1. The van der Waals surface area contributed by atoms with Crippen LogP contribution in [0.4, 0.5) is 21.8 Å². The van der Waals surface area contributed by atoms with Crippen molar-refractivity contribution in [1.82, 2.24) is 14.9 Å². The number of hydrogen-bond acceptors (Lipinski definition) is 7. The minimum atomic E-state index is -0.469. The molecule has 4 rings (SSSR count). The number of nitrogens with one attached hydrogen (secondary N) is 2. The first-order valence-electron chi connectivity index (χ1n) is 12.3. The lowest BCUT2D eigenvalue weighted by molar-refractivity contribution is 0.0500. The van der Waals surface area contributed by atoms with E-state index in [2.05, 4.69) is 52.3 Å². The highest BCUT2D eigenvalue weighted by Gasteiger charge is 2.43. The SMILES string of the molecule is CCCC(C)Oc1ccc(Nc2ncc(F)c(NC3CC4CCCN4C(C)(C)C3)n2)cc1C#N. The average molecular weight is 467 g/mol. The third-order valence-corrected chi connectivity index (χ3v) is 6.92. The van der Waals surface area contributed by atoms with Crippen LogP contribution in [0, 0.1) is 17.1 Å². The number of aromatic nitrogens is 2. The number of anilines is 3. The van der Waals surface area contributed by atoms with Crippen LogP contribution >= 0.6 is 0 Å². The molecule has 0 spiro atoms. The number of hydrogen-bond donors (Lipinski definition) is 2. The molecule has 3 unspecified atom stereocenters. The summed E-state index contributed by atoms with van der Waals surface area (Å²) in [6, 6.07) is 8.16. The number of ether oxygens (including phenoxy) is 1. The summed E-state index contributed by atoms with van der Waals surface area (Å²) in [5.74, 6) is 0.567. The Morgan fingerprint density at radius 1 is 1.38 bits per heavy atom. The van der Waals surface area contributed by atoms with Gasteiger partial charge in [0, 0.05) is 23.3 Å². The Labute approximate surface area is 201 Å². The third kappa shape index (κ3) is 5.41. The lowest BCUT2D eigenvalue weighted by Crippen LogP contribution is -2.55. The van der Waals surface area contributed by atoms with Gasteiger partial charge < -0.3 is 15.4 Å². The molecule has 0 amide bonds. The summed E-state index contributed by atoms with van der Waals surface area (Å²) in [7, 11) is 0. The molecule has 2 aliphatic heterocycles. The van der Waals surface area contributed by atoms with E-state index >= 15 is 0 Å². The molecule has 0 bridgehead atoms. The van der Waals surface area contributed by atoms with Gasteiger partial charge in [0.1, 0.15) is 11.8 Å². The predicted octanol–water partition coefficient (Wildman–Crippen LogP) is 5.62. The summed E-state index contributed by atoms with van der Waals surface area (Å²) < 4.78 is 20.5. The second-order valence-corrected chi connectivity index (χ2v) is 10.1. The summed E-state index contributed by atoms with van der Waals surface area (Å²) >= 11 is 0. The number of nitrogens with zero attached hydrogens (tertiary/aromatic N) is 4. The van der Waals surface area contributed by atoms with Gasteiger partial charge in [-0.15, -0.1) is 0 Å². The molecular formula is C26H35FN6O. The van der Waals surface area contributed by atoms with Crippen LogP contribution in [-0.2, 0) is 0 Å². The standard InChI is InChI=1S/C26H35FN6O/c1-5-7-17(2)34-23-10-9-19(12-18(23)15-28)31-25-29-16-22(27)24(32-25)30-20-13-21-8-6-11-33(21)26(3,4)14-20/h9-10,12,16-17,20-21H,5-8,11,13-14H2,1-4H3,(H2,29,30,31,32). The maximum absolute atomic E-state index is 14.6. The maximum atomic E-state index is 14.6. The predicted molar refractivity (Wildman–Crippen MR) is 132 cm³/mol. The van der Waals surface area contributed by atoms with Crippen molar-refractivity contribution < 1.29 is 9.13 Å². The molecule has 2 aliphatic rings. The fourth-order valence-corrected chi connectivity index (χ4v) is 5.45. The average Bonchev–Trinajstić information content (AvgIpc) is 3.27. The van der Waals surface area contributed by atoms with E-state index in [4.69, 9.17) is 4.74 Å². The lowest BCUT2D eigenvalue weighted by Gasteiger charge is -2.47. The van der Waals surface area contributed by atoms with Gasteiger partial charge in [-0.2, -0.15) is 10.2 Å². The van der Waals surface area contributed by atoms with E-state index in [0.29, 0.717) is 23.0 Å². The molecule has 2 saturated heterocycles. The molecule has 0 radical (unpaired) electrons. The first-order valence-corrected chi connectivity index (χ1v) is 12.3. The fourth-order valence-electron chi connectivity index (χ4n) is 5.45. The third-order valence-electron chi connectivity index (χ3n) is 6.92. The van der Waals surface area contributed by atoms with E-state index in [0.717, 1.165) is 32.2 Å². The second-order valence-electron chi connectivity index (χ2n) is 10.1. The zero-order valence-electron chi connectivity index (χ0n) is 20.6. The van der Waals surface area contributed by atoms with Gasteiger partial charge in [0.15, 0.2) is 11.6 Å². The molecule has 2 aromatic rings. The molecule has 1 aromatic heterocycles. The second kappa shape index (κ2) is 10.1. The van der Waals surface area contributed by atoms with E-state index in [1.807, 2.05) is 13.0 Å². The van der Waals surface area contributed by atoms with Crippen molar-refractivity contribution in [1.29, 1.82) is 5.26 Å². The molecule has 3 atom stereocenters. The smallest absolute Gasteiger partial charge is 0.229 e. The summed E-state index contributed by atoms with van der Waals surface area (Å²) in [6.07, 6.45) is 7.48. The summed E-state index contributed by atoms with van der Waals surface area (Å²) in [6.45, 7) is 9.78. The number of nitriles is 1. The van der Waals surface area contributed by atoms with E-state index in [1.165, 1.54) is 19.0 Å². The zero-order chi connectivity index (χ0) is 24.3. The Morgan fingerprint density at radius 2 is 2.21 bits per heavy atom. The van der Waals surface area contributed by atoms with Crippen molar-refractivity contribution in [2.24, 2.45) is 0 Å². The van der Waals surface area contributed by atoms with Crippen molar-refractivity contribution in [2.75, 3.05) is 17.2 Å². The van der Waals surface area contributed by atoms with Gasteiger partial charge in [-0.25, -0.2) is 9.37 Å².